The molecule has 4 heteroatoms. The van der Waals surface area contributed by atoms with Gasteiger partial charge in [0, 0.05) is 12.5 Å². The number of nitrogens with one attached hydrogen (secondary N) is 1. The summed E-state index contributed by atoms with van der Waals surface area (Å²) in [4.78, 5) is 11.4. The number of hydrogen-bond donors (Lipinski definition) is 2. The summed E-state index contributed by atoms with van der Waals surface area (Å²) >= 11 is 0. The maximum atomic E-state index is 11.4. The Morgan fingerprint density at radius 3 is 2.71 bits per heavy atom. The average Bonchev–Trinajstić information content (AvgIpc) is 2.75. The Bertz CT molecular complexity index is 204. The molecule has 1 rings (SSSR count). The van der Waals surface area contributed by atoms with Gasteiger partial charge in [0.25, 0.3) is 0 Å². The van der Waals surface area contributed by atoms with Gasteiger partial charge in [-0.15, -0.1) is 0 Å². The highest BCUT2D eigenvalue weighted by Crippen LogP contribution is 2.51. The number of rotatable bonds is 6. The molecule has 1 aliphatic carbocycles. The highest BCUT2D eigenvalue weighted by molar-refractivity contribution is 5.82. The molecular weight excluding hydrogens is 182 g/mol. The van der Waals surface area contributed by atoms with Crippen molar-refractivity contribution < 1.29 is 14.6 Å². The zero-order valence-electron chi connectivity index (χ0n) is 8.88. The molecule has 0 radical (unpaired) electrons. The number of aliphatic hydroxyl groups is 1. The van der Waals surface area contributed by atoms with Crippen LogP contribution in [0.1, 0.15) is 20.3 Å². The molecule has 0 saturated heterocycles. The van der Waals surface area contributed by atoms with Crippen molar-refractivity contribution in [2.24, 2.45) is 11.3 Å². The Labute approximate surface area is 84.6 Å². The summed E-state index contributed by atoms with van der Waals surface area (Å²) in [6.07, 6.45) is 0.982. The van der Waals surface area contributed by atoms with Crippen molar-refractivity contribution >= 4 is 5.91 Å². The van der Waals surface area contributed by atoms with Crippen molar-refractivity contribution in [3.8, 4) is 0 Å². The van der Waals surface area contributed by atoms with E-state index in [1.165, 1.54) is 0 Å². The Hall–Kier alpha value is -0.610. The van der Waals surface area contributed by atoms with Crippen LogP contribution in [-0.4, -0.2) is 37.4 Å². The fourth-order valence-electron chi connectivity index (χ4n) is 1.45. The summed E-state index contributed by atoms with van der Waals surface area (Å²) < 4.78 is 5.02. The smallest absolute Gasteiger partial charge is 0.223 e. The van der Waals surface area contributed by atoms with E-state index >= 15 is 0 Å². The van der Waals surface area contributed by atoms with Crippen molar-refractivity contribution in [2.75, 3.05) is 26.4 Å². The first-order valence-corrected chi connectivity index (χ1v) is 5.04. The van der Waals surface area contributed by atoms with E-state index in [-0.39, 0.29) is 23.8 Å². The minimum Gasteiger partial charge on any atom is -0.394 e. The second-order valence-corrected chi connectivity index (χ2v) is 4.37. The van der Waals surface area contributed by atoms with E-state index in [0.29, 0.717) is 19.8 Å². The van der Waals surface area contributed by atoms with Gasteiger partial charge < -0.3 is 15.2 Å². The number of amides is 1. The lowest BCUT2D eigenvalue weighted by Gasteiger charge is -2.06. The van der Waals surface area contributed by atoms with E-state index < -0.39 is 0 Å². The zero-order chi connectivity index (χ0) is 10.6. The van der Waals surface area contributed by atoms with E-state index in [4.69, 9.17) is 9.84 Å². The fraction of sp³-hybridized carbons (Fsp3) is 0.900. The highest BCUT2D eigenvalue weighted by Gasteiger charge is 2.50. The maximum absolute atomic E-state index is 11.4. The Balaban J connectivity index is 2.00. The first kappa shape index (κ1) is 11.5. The number of carbonyl (C=O) groups excluding carboxylic acids is 1. The molecule has 14 heavy (non-hydrogen) atoms. The molecule has 82 valence electrons. The van der Waals surface area contributed by atoms with Crippen LogP contribution >= 0.6 is 0 Å². The van der Waals surface area contributed by atoms with Gasteiger partial charge in [0.15, 0.2) is 0 Å². The van der Waals surface area contributed by atoms with Gasteiger partial charge >= 0.3 is 0 Å². The van der Waals surface area contributed by atoms with Crippen LogP contribution in [0.3, 0.4) is 0 Å². The van der Waals surface area contributed by atoms with Crippen LogP contribution in [0.15, 0.2) is 0 Å². The fourth-order valence-corrected chi connectivity index (χ4v) is 1.45. The third kappa shape index (κ3) is 3.27. The lowest BCUT2D eigenvalue weighted by molar-refractivity contribution is -0.123. The summed E-state index contributed by atoms with van der Waals surface area (Å²) in [5.41, 5.74) is 0.191. The van der Waals surface area contributed by atoms with Crippen molar-refractivity contribution in [1.29, 1.82) is 0 Å². The van der Waals surface area contributed by atoms with Crippen LogP contribution in [-0.2, 0) is 9.53 Å². The van der Waals surface area contributed by atoms with Gasteiger partial charge in [0.1, 0.15) is 0 Å². The van der Waals surface area contributed by atoms with Crippen LogP contribution in [0.4, 0.5) is 0 Å². The van der Waals surface area contributed by atoms with E-state index in [1.807, 2.05) is 0 Å². The molecular formula is C10H19NO3. The van der Waals surface area contributed by atoms with Gasteiger partial charge in [-0.3, -0.25) is 4.79 Å². The summed E-state index contributed by atoms with van der Waals surface area (Å²) in [6, 6.07) is 0. The molecule has 1 saturated carbocycles. The first-order chi connectivity index (χ1) is 6.58. The summed E-state index contributed by atoms with van der Waals surface area (Å²) in [6.45, 7) is 5.57. The largest absolute Gasteiger partial charge is 0.394 e. The van der Waals surface area contributed by atoms with Crippen LogP contribution in [0, 0.1) is 11.3 Å². The van der Waals surface area contributed by atoms with Gasteiger partial charge in [-0.25, -0.2) is 0 Å². The lowest BCUT2D eigenvalue weighted by Crippen LogP contribution is -2.30. The minimum absolute atomic E-state index is 0.0314. The molecule has 0 aromatic carbocycles. The molecule has 0 spiro atoms. The van der Waals surface area contributed by atoms with Crippen molar-refractivity contribution in [3.63, 3.8) is 0 Å². The quantitative estimate of drug-likeness (QED) is 0.602. The maximum Gasteiger partial charge on any atom is 0.223 e. The predicted molar refractivity (Wildman–Crippen MR) is 52.8 cm³/mol. The molecule has 0 heterocycles. The first-order valence-electron chi connectivity index (χ1n) is 5.04. The van der Waals surface area contributed by atoms with Gasteiger partial charge in [0.2, 0.25) is 5.91 Å². The van der Waals surface area contributed by atoms with Crippen LogP contribution in [0.5, 0.6) is 0 Å². The normalized spacial score (nSPS) is 23.2. The van der Waals surface area contributed by atoms with Gasteiger partial charge in [-0.1, -0.05) is 13.8 Å². The second-order valence-electron chi connectivity index (χ2n) is 4.37. The molecule has 2 N–H and O–H groups in total. The summed E-state index contributed by atoms with van der Waals surface area (Å²) in [7, 11) is 0. The van der Waals surface area contributed by atoms with Crippen molar-refractivity contribution in [1.82, 2.24) is 5.32 Å². The molecule has 0 bridgehead atoms. The van der Waals surface area contributed by atoms with Gasteiger partial charge in [-0.2, -0.15) is 0 Å². The van der Waals surface area contributed by atoms with E-state index in [0.717, 1.165) is 6.42 Å². The van der Waals surface area contributed by atoms with Crippen molar-refractivity contribution in [2.45, 2.75) is 20.3 Å². The number of carbonyl (C=O) groups is 1. The Morgan fingerprint density at radius 2 is 2.21 bits per heavy atom. The monoisotopic (exact) mass is 201 g/mol. The molecule has 1 amide bonds. The molecule has 1 unspecified atom stereocenters. The van der Waals surface area contributed by atoms with Crippen LogP contribution in [0.2, 0.25) is 0 Å². The number of hydrogen-bond acceptors (Lipinski definition) is 3. The zero-order valence-corrected chi connectivity index (χ0v) is 8.88. The highest BCUT2D eigenvalue weighted by atomic mass is 16.5. The summed E-state index contributed by atoms with van der Waals surface area (Å²) in [5, 5.41) is 11.2. The van der Waals surface area contributed by atoms with E-state index in [1.54, 1.807) is 0 Å². The molecule has 4 nitrogen and oxygen atoms in total. The molecule has 0 aromatic heterocycles. The topological polar surface area (TPSA) is 58.6 Å². The number of ether oxygens (including phenoxy) is 1. The lowest BCUT2D eigenvalue weighted by atomic mass is 10.1. The van der Waals surface area contributed by atoms with Crippen molar-refractivity contribution in [3.05, 3.63) is 0 Å². The average molecular weight is 201 g/mol. The van der Waals surface area contributed by atoms with Crippen LogP contribution < -0.4 is 5.32 Å². The van der Waals surface area contributed by atoms with E-state index in [2.05, 4.69) is 19.2 Å². The SMILES string of the molecule is CC1(C)CC1C(=O)NCCOCCO. The molecule has 0 aliphatic heterocycles. The third-order valence-corrected chi connectivity index (χ3v) is 2.61. The van der Waals surface area contributed by atoms with Crippen LogP contribution in [0.25, 0.3) is 0 Å². The molecule has 0 aromatic rings. The molecule has 1 aliphatic rings. The second kappa shape index (κ2) is 4.75. The minimum atomic E-state index is 0.0314. The van der Waals surface area contributed by atoms with E-state index in [9.17, 15) is 4.79 Å². The van der Waals surface area contributed by atoms with Gasteiger partial charge in [0.05, 0.1) is 19.8 Å². The predicted octanol–water partition coefficient (Wildman–Crippen LogP) is 0.158. The Morgan fingerprint density at radius 1 is 1.57 bits per heavy atom. The van der Waals surface area contributed by atoms with Gasteiger partial charge in [-0.05, 0) is 11.8 Å². The summed E-state index contributed by atoms with van der Waals surface area (Å²) in [5.74, 6) is 0.308. The Kier molecular flexibility index (Phi) is 3.89. The third-order valence-electron chi connectivity index (χ3n) is 2.61. The molecule has 1 atom stereocenters. The standard InChI is InChI=1S/C10H19NO3/c1-10(2)7-8(10)9(13)11-3-5-14-6-4-12/h8,12H,3-7H2,1-2H3,(H,11,13). The molecule has 1 fully saturated rings. The number of aliphatic hydroxyl groups excluding tert-OH is 1.